The summed E-state index contributed by atoms with van der Waals surface area (Å²) in [6.45, 7) is 3.48. The van der Waals surface area contributed by atoms with E-state index >= 15 is 0 Å². The van der Waals surface area contributed by atoms with Crippen LogP contribution in [-0.4, -0.2) is 33.6 Å². The molecule has 1 saturated carbocycles. The average molecular weight is 265 g/mol. The number of hydrogen-bond donors (Lipinski definition) is 2. The highest BCUT2D eigenvalue weighted by Crippen LogP contribution is 2.25. The van der Waals surface area contributed by atoms with E-state index in [2.05, 4.69) is 17.3 Å². The molecule has 0 bridgehead atoms. The summed E-state index contributed by atoms with van der Waals surface area (Å²) in [6, 6.07) is 2.39. The van der Waals surface area contributed by atoms with Gasteiger partial charge >= 0.3 is 0 Å². The van der Waals surface area contributed by atoms with Gasteiger partial charge in [-0.25, -0.2) is 0 Å². The smallest absolute Gasteiger partial charge is 0.0860 e. The molecule has 0 spiro atoms. The van der Waals surface area contributed by atoms with E-state index in [0.29, 0.717) is 19.1 Å². The van der Waals surface area contributed by atoms with E-state index in [0.717, 1.165) is 5.92 Å². The van der Waals surface area contributed by atoms with Crippen LogP contribution in [-0.2, 0) is 6.54 Å². The second-order valence-corrected chi connectivity index (χ2v) is 5.83. The molecule has 1 fully saturated rings. The van der Waals surface area contributed by atoms with Gasteiger partial charge in [0.05, 0.1) is 12.6 Å². The Kier molecular flexibility index (Phi) is 5.86. The van der Waals surface area contributed by atoms with Crippen LogP contribution in [0.2, 0.25) is 0 Å². The van der Waals surface area contributed by atoms with Crippen LogP contribution in [0.1, 0.15) is 45.4 Å². The molecule has 1 aromatic heterocycles. The van der Waals surface area contributed by atoms with Crippen LogP contribution in [0.3, 0.4) is 0 Å². The van der Waals surface area contributed by atoms with E-state index in [4.69, 9.17) is 0 Å². The fourth-order valence-corrected chi connectivity index (χ4v) is 2.99. The van der Waals surface area contributed by atoms with E-state index in [9.17, 15) is 5.11 Å². The third-order valence-corrected chi connectivity index (χ3v) is 4.24. The normalized spacial score (nSPS) is 20.9. The maximum Gasteiger partial charge on any atom is 0.0860 e. The first kappa shape index (κ1) is 14.5. The van der Waals surface area contributed by atoms with E-state index in [1.54, 1.807) is 10.9 Å². The Labute approximate surface area is 116 Å². The lowest BCUT2D eigenvalue weighted by atomic mass is 9.93. The van der Waals surface area contributed by atoms with Crippen molar-refractivity contribution < 1.29 is 5.11 Å². The summed E-state index contributed by atoms with van der Waals surface area (Å²) >= 11 is 0. The van der Waals surface area contributed by atoms with Gasteiger partial charge < -0.3 is 10.4 Å². The molecule has 4 nitrogen and oxygen atoms in total. The molecule has 2 N–H and O–H groups in total. The van der Waals surface area contributed by atoms with Gasteiger partial charge in [-0.1, -0.05) is 25.7 Å². The van der Waals surface area contributed by atoms with Gasteiger partial charge in [0.15, 0.2) is 0 Å². The number of hydrogen-bond acceptors (Lipinski definition) is 3. The number of aliphatic hydroxyl groups excluding tert-OH is 1. The maximum atomic E-state index is 10.0. The van der Waals surface area contributed by atoms with Crippen LogP contribution in [0.4, 0.5) is 0 Å². The molecule has 1 aliphatic rings. The highest BCUT2D eigenvalue weighted by Gasteiger charge is 2.19. The Hall–Kier alpha value is -0.870. The Morgan fingerprint density at radius 1 is 1.32 bits per heavy atom. The van der Waals surface area contributed by atoms with E-state index in [-0.39, 0.29) is 6.10 Å². The molecule has 1 aliphatic carbocycles. The van der Waals surface area contributed by atoms with Crippen molar-refractivity contribution >= 4 is 0 Å². The summed E-state index contributed by atoms with van der Waals surface area (Å²) in [5.74, 6) is 0.777. The van der Waals surface area contributed by atoms with Crippen molar-refractivity contribution in [1.82, 2.24) is 15.1 Å². The van der Waals surface area contributed by atoms with Crippen LogP contribution in [0.15, 0.2) is 18.5 Å². The monoisotopic (exact) mass is 265 g/mol. The first-order valence-corrected chi connectivity index (χ1v) is 7.64. The summed E-state index contributed by atoms with van der Waals surface area (Å²) in [6.07, 6.45) is 11.5. The van der Waals surface area contributed by atoms with Gasteiger partial charge in [0, 0.05) is 25.0 Å². The van der Waals surface area contributed by atoms with Crippen molar-refractivity contribution in [1.29, 1.82) is 0 Å². The van der Waals surface area contributed by atoms with E-state index in [1.807, 2.05) is 12.3 Å². The number of aromatic nitrogens is 2. The Balaban J connectivity index is 1.68. The molecule has 1 unspecified atom stereocenters. The van der Waals surface area contributed by atoms with Gasteiger partial charge in [-0.3, -0.25) is 4.68 Å². The van der Waals surface area contributed by atoms with Gasteiger partial charge in [0.2, 0.25) is 0 Å². The number of aliphatic hydroxyl groups is 1. The fraction of sp³-hybridized carbons (Fsp3) is 0.800. The molecule has 0 saturated heterocycles. The third-order valence-electron chi connectivity index (χ3n) is 4.24. The topological polar surface area (TPSA) is 50.1 Å². The molecule has 0 aliphatic heterocycles. The van der Waals surface area contributed by atoms with Crippen LogP contribution in [0.5, 0.6) is 0 Å². The molecule has 1 heterocycles. The zero-order valence-electron chi connectivity index (χ0n) is 12.0. The molecule has 108 valence electrons. The number of rotatable bonds is 6. The van der Waals surface area contributed by atoms with Gasteiger partial charge in [-0.2, -0.15) is 5.10 Å². The maximum absolute atomic E-state index is 10.0. The molecule has 2 atom stereocenters. The molecule has 0 aromatic carbocycles. The summed E-state index contributed by atoms with van der Waals surface area (Å²) in [5, 5.41) is 17.6. The summed E-state index contributed by atoms with van der Waals surface area (Å²) in [4.78, 5) is 0. The van der Waals surface area contributed by atoms with Crippen LogP contribution >= 0.6 is 0 Å². The van der Waals surface area contributed by atoms with Crippen molar-refractivity contribution in [3.8, 4) is 0 Å². The van der Waals surface area contributed by atoms with E-state index < -0.39 is 0 Å². The zero-order chi connectivity index (χ0) is 13.5. The molecular formula is C15H27N3O. The number of nitrogens with one attached hydrogen (secondary N) is 1. The minimum Gasteiger partial charge on any atom is -0.390 e. The molecule has 0 amide bonds. The molecule has 0 radical (unpaired) electrons. The van der Waals surface area contributed by atoms with Crippen molar-refractivity contribution in [3.05, 3.63) is 18.5 Å². The van der Waals surface area contributed by atoms with E-state index in [1.165, 1.54) is 38.5 Å². The second-order valence-electron chi connectivity index (χ2n) is 5.83. The van der Waals surface area contributed by atoms with Crippen molar-refractivity contribution in [2.24, 2.45) is 5.92 Å². The largest absolute Gasteiger partial charge is 0.390 e. The molecule has 1 aromatic rings. The molecular weight excluding hydrogens is 238 g/mol. The van der Waals surface area contributed by atoms with Crippen molar-refractivity contribution in [2.45, 2.75) is 64.1 Å². The predicted octanol–water partition coefficient (Wildman–Crippen LogP) is 2.19. The van der Waals surface area contributed by atoms with Crippen LogP contribution in [0.25, 0.3) is 0 Å². The van der Waals surface area contributed by atoms with Crippen molar-refractivity contribution in [2.75, 3.05) is 6.54 Å². The summed E-state index contributed by atoms with van der Waals surface area (Å²) in [7, 11) is 0. The molecule has 4 heteroatoms. The summed E-state index contributed by atoms with van der Waals surface area (Å²) < 4.78 is 1.78. The predicted molar refractivity (Wildman–Crippen MR) is 76.9 cm³/mol. The first-order valence-electron chi connectivity index (χ1n) is 7.64. The lowest BCUT2D eigenvalue weighted by Crippen LogP contribution is -2.39. The SMILES string of the molecule is C[C@@H](NCC(O)Cn1cccn1)C1CCCCCC1. The lowest BCUT2D eigenvalue weighted by Gasteiger charge is -2.25. The highest BCUT2D eigenvalue weighted by atomic mass is 16.3. The highest BCUT2D eigenvalue weighted by molar-refractivity contribution is 4.80. The Morgan fingerprint density at radius 2 is 2.05 bits per heavy atom. The van der Waals surface area contributed by atoms with Gasteiger partial charge in [-0.05, 0) is 31.7 Å². The van der Waals surface area contributed by atoms with Gasteiger partial charge in [0.1, 0.15) is 0 Å². The third kappa shape index (κ3) is 4.96. The summed E-state index contributed by atoms with van der Waals surface area (Å²) in [5.41, 5.74) is 0. The van der Waals surface area contributed by atoms with Crippen LogP contribution in [0, 0.1) is 5.92 Å². The second kappa shape index (κ2) is 7.65. The van der Waals surface area contributed by atoms with Gasteiger partial charge in [-0.15, -0.1) is 0 Å². The zero-order valence-corrected chi connectivity index (χ0v) is 12.0. The quantitative estimate of drug-likeness (QED) is 0.775. The molecule has 19 heavy (non-hydrogen) atoms. The van der Waals surface area contributed by atoms with Crippen LogP contribution < -0.4 is 5.32 Å². The molecule has 2 rings (SSSR count). The average Bonchev–Trinajstić information content (AvgIpc) is 2.76. The lowest BCUT2D eigenvalue weighted by molar-refractivity contribution is 0.138. The fourth-order valence-electron chi connectivity index (χ4n) is 2.99. The van der Waals surface area contributed by atoms with Gasteiger partial charge in [0.25, 0.3) is 0 Å². The standard InChI is InChI=1S/C15H27N3O/c1-13(14-7-4-2-3-5-8-14)16-11-15(19)12-18-10-6-9-17-18/h6,9-10,13-16,19H,2-5,7-8,11-12H2,1H3/t13-,15?/m1/s1. The van der Waals surface area contributed by atoms with Crippen molar-refractivity contribution in [3.63, 3.8) is 0 Å². The Bertz CT molecular complexity index is 331. The first-order chi connectivity index (χ1) is 9.25. The minimum absolute atomic E-state index is 0.367. The minimum atomic E-state index is -0.367. The Morgan fingerprint density at radius 3 is 2.68 bits per heavy atom. The number of nitrogens with zero attached hydrogens (tertiary/aromatic N) is 2.